The Hall–Kier alpha value is -2.18. The summed E-state index contributed by atoms with van der Waals surface area (Å²) in [4.78, 5) is 29.8. The summed E-state index contributed by atoms with van der Waals surface area (Å²) in [6, 6.07) is 1.55. The average molecular weight is 253 g/mol. The van der Waals surface area contributed by atoms with E-state index in [2.05, 4.69) is 20.0 Å². The van der Waals surface area contributed by atoms with Gasteiger partial charge in [-0.1, -0.05) is 0 Å². The van der Waals surface area contributed by atoms with Gasteiger partial charge in [0.2, 0.25) is 5.82 Å². The highest BCUT2D eigenvalue weighted by Gasteiger charge is 2.26. The van der Waals surface area contributed by atoms with Crippen LogP contribution >= 0.6 is 0 Å². The van der Waals surface area contributed by atoms with Gasteiger partial charge in [-0.15, -0.1) is 0 Å². The Morgan fingerprint density at radius 1 is 1.50 bits per heavy atom. The summed E-state index contributed by atoms with van der Waals surface area (Å²) in [7, 11) is 1.24. The number of rotatable bonds is 5. The van der Waals surface area contributed by atoms with Crippen molar-refractivity contribution in [1.82, 2.24) is 9.97 Å². The summed E-state index contributed by atoms with van der Waals surface area (Å²) >= 11 is 0. The minimum absolute atomic E-state index is 0.0735. The zero-order valence-corrected chi connectivity index (χ0v) is 10.4. The zero-order valence-electron chi connectivity index (χ0n) is 10.4. The van der Waals surface area contributed by atoms with Gasteiger partial charge in [-0.25, -0.2) is 14.8 Å². The van der Waals surface area contributed by atoms with Crippen LogP contribution in [0.4, 0.5) is 5.82 Å². The minimum atomic E-state index is -0.934. The number of esters is 1. The van der Waals surface area contributed by atoms with Gasteiger partial charge in [-0.3, -0.25) is 4.79 Å². The maximum absolute atomic E-state index is 11.2. The monoisotopic (exact) mass is 253 g/mol. The van der Waals surface area contributed by atoms with E-state index in [9.17, 15) is 9.59 Å². The molecule has 0 aromatic carbocycles. The molecule has 0 amide bonds. The van der Waals surface area contributed by atoms with Gasteiger partial charge in [0.1, 0.15) is 5.82 Å². The maximum atomic E-state index is 11.2. The molecule has 98 valence electrons. The van der Waals surface area contributed by atoms with Crippen LogP contribution in [0, 0.1) is 5.41 Å². The molecule has 1 aromatic rings. The van der Waals surface area contributed by atoms with Crippen molar-refractivity contribution in [2.24, 2.45) is 5.41 Å². The van der Waals surface area contributed by atoms with Crippen LogP contribution in [-0.2, 0) is 9.53 Å². The summed E-state index contributed by atoms with van der Waals surface area (Å²) < 4.78 is 4.49. The number of carbonyl (C=O) groups excluding carboxylic acids is 1. The highest BCUT2D eigenvalue weighted by atomic mass is 16.5. The smallest absolute Gasteiger partial charge is 0.376 e. The van der Waals surface area contributed by atoms with Crippen LogP contribution in [0.2, 0.25) is 0 Å². The van der Waals surface area contributed by atoms with Crippen LogP contribution in [0.5, 0.6) is 0 Å². The number of ether oxygens (including phenoxy) is 1. The molecule has 7 heteroatoms. The molecule has 0 aliphatic rings. The molecule has 0 saturated carbocycles. The van der Waals surface area contributed by atoms with Crippen LogP contribution in [-0.4, -0.2) is 40.7 Å². The first-order chi connectivity index (χ1) is 8.36. The Balaban J connectivity index is 2.74. The zero-order chi connectivity index (χ0) is 13.8. The number of nitrogens with one attached hydrogen (secondary N) is 1. The summed E-state index contributed by atoms with van der Waals surface area (Å²) in [5.41, 5.74) is -0.934. The Bertz CT molecular complexity index is 459. The molecular formula is C11H15N3O4. The number of carboxylic acid groups (broad SMARTS) is 1. The molecule has 0 saturated heterocycles. The molecule has 7 nitrogen and oxygen atoms in total. The Kier molecular flexibility index (Phi) is 4.19. The summed E-state index contributed by atoms with van der Waals surface area (Å²) in [5, 5.41) is 11.8. The molecule has 1 rings (SSSR count). The van der Waals surface area contributed by atoms with Crippen LogP contribution in [0.25, 0.3) is 0 Å². The molecular weight excluding hydrogens is 238 g/mol. The predicted molar refractivity (Wildman–Crippen MR) is 63.3 cm³/mol. The number of carbonyl (C=O) groups is 2. The standard InChI is InChI=1S/C11H15N3O4/c1-11(2,10(16)17)6-13-7-4-5-12-8(14-7)9(15)18-3/h4-5H,6H2,1-3H3,(H,16,17)(H,12,13,14). The van der Waals surface area contributed by atoms with Gasteiger partial charge in [0, 0.05) is 12.7 Å². The highest BCUT2D eigenvalue weighted by Crippen LogP contribution is 2.16. The van der Waals surface area contributed by atoms with E-state index in [0.717, 1.165) is 0 Å². The highest BCUT2D eigenvalue weighted by molar-refractivity contribution is 5.85. The molecule has 0 fully saturated rings. The second kappa shape index (κ2) is 5.44. The van der Waals surface area contributed by atoms with Gasteiger partial charge in [0.15, 0.2) is 0 Å². The molecule has 18 heavy (non-hydrogen) atoms. The fraction of sp³-hybridized carbons (Fsp3) is 0.455. The lowest BCUT2D eigenvalue weighted by molar-refractivity contribution is -0.146. The number of carboxylic acids is 1. The normalized spacial score (nSPS) is 10.8. The van der Waals surface area contributed by atoms with E-state index in [4.69, 9.17) is 5.11 Å². The second-order valence-corrected chi connectivity index (χ2v) is 4.30. The number of anilines is 1. The number of hydrogen-bond acceptors (Lipinski definition) is 6. The Labute approximate surface area is 104 Å². The average Bonchev–Trinajstić information content (AvgIpc) is 2.35. The van der Waals surface area contributed by atoms with Gasteiger partial charge in [0.05, 0.1) is 12.5 Å². The second-order valence-electron chi connectivity index (χ2n) is 4.30. The lowest BCUT2D eigenvalue weighted by Crippen LogP contribution is -2.32. The molecule has 0 spiro atoms. The van der Waals surface area contributed by atoms with Gasteiger partial charge >= 0.3 is 11.9 Å². The first kappa shape index (κ1) is 13.9. The lowest BCUT2D eigenvalue weighted by atomic mass is 9.94. The van der Waals surface area contributed by atoms with E-state index < -0.39 is 17.4 Å². The molecule has 1 aromatic heterocycles. The lowest BCUT2D eigenvalue weighted by Gasteiger charge is -2.19. The van der Waals surface area contributed by atoms with Gasteiger partial charge in [0.25, 0.3) is 0 Å². The Morgan fingerprint density at radius 2 is 2.17 bits per heavy atom. The minimum Gasteiger partial charge on any atom is -0.481 e. The SMILES string of the molecule is COC(=O)c1nccc(NCC(C)(C)C(=O)O)n1. The number of methoxy groups -OCH3 is 1. The maximum Gasteiger partial charge on any atom is 0.376 e. The van der Waals surface area contributed by atoms with Crippen LogP contribution in [0.15, 0.2) is 12.3 Å². The first-order valence-corrected chi connectivity index (χ1v) is 5.25. The van der Waals surface area contributed by atoms with Crippen molar-refractivity contribution in [3.8, 4) is 0 Å². The fourth-order valence-corrected chi connectivity index (χ4v) is 1.03. The van der Waals surface area contributed by atoms with Gasteiger partial charge in [-0.2, -0.15) is 0 Å². The van der Waals surface area contributed by atoms with Crippen molar-refractivity contribution in [2.45, 2.75) is 13.8 Å². The van der Waals surface area contributed by atoms with E-state index in [-0.39, 0.29) is 12.4 Å². The molecule has 1 heterocycles. The van der Waals surface area contributed by atoms with Gasteiger partial charge in [-0.05, 0) is 19.9 Å². The van der Waals surface area contributed by atoms with Crippen molar-refractivity contribution >= 4 is 17.8 Å². The van der Waals surface area contributed by atoms with Crippen molar-refractivity contribution in [3.05, 3.63) is 18.1 Å². The number of nitrogens with zero attached hydrogens (tertiary/aromatic N) is 2. The van der Waals surface area contributed by atoms with Crippen molar-refractivity contribution in [1.29, 1.82) is 0 Å². The molecule has 0 aliphatic heterocycles. The molecule has 0 unspecified atom stereocenters. The first-order valence-electron chi connectivity index (χ1n) is 5.25. The molecule has 0 aliphatic carbocycles. The van der Waals surface area contributed by atoms with Gasteiger partial charge < -0.3 is 15.2 Å². The third-order valence-electron chi connectivity index (χ3n) is 2.31. The van der Waals surface area contributed by atoms with E-state index in [1.54, 1.807) is 19.9 Å². The summed E-state index contributed by atoms with van der Waals surface area (Å²) in [5.74, 6) is -1.26. The third kappa shape index (κ3) is 3.41. The number of aliphatic carboxylic acids is 1. The predicted octanol–water partition coefficient (Wildman–Crippen LogP) is 0.786. The van der Waals surface area contributed by atoms with E-state index in [1.807, 2.05) is 0 Å². The van der Waals surface area contributed by atoms with Crippen molar-refractivity contribution < 1.29 is 19.4 Å². The topological polar surface area (TPSA) is 101 Å². The van der Waals surface area contributed by atoms with Crippen LogP contribution in [0.3, 0.4) is 0 Å². The molecule has 2 N–H and O–H groups in total. The van der Waals surface area contributed by atoms with E-state index >= 15 is 0 Å². The summed E-state index contributed by atoms with van der Waals surface area (Å²) in [6.45, 7) is 3.36. The number of aromatic nitrogens is 2. The summed E-state index contributed by atoms with van der Waals surface area (Å²) in [6.07, 6.45) is 1.40. The van der Waals surface area contributed by atoms with Crippen molar-refractivity contribution in [3.63, 3.8) is 0 Å². The third-order valence-corrected chi connectivity index (χ3v) is 2.31. The van der Waals surface area contributed by atoms with Crippen molar-refractivity contribution in [2.75, 3.05) is 19.0 Å². The van der Waals surface area contributed by atoms with E-state index in [0.29, 0.717) is 5.82 Å². The molecule has 0 radical (unpaired) electrons. The van der Waals surface area contributed by atoms with Crippen LogP contribution in [0.1, 0.15) is 24.5 Å². The molecule has 0 atom stereocenters. The largest absolute Gasteiger partial charge is 0.481 e. The molecule has 0 bridgehead atoms. The fourth-order valence-electron chi connectivity index (χ4n) is 1.03. The van der Waals surface area contributed by atoms with Crippen LogP contribution < -0.4 is 5.32 Å². The quantitative estimate of drug-likeness (QED) is 0.748. The Morgan fingerprint density at radius 3 is 2.72 bits per heavy atom. The number of hydrogen-bond donors (Lipinski definition) is 2. The van der Waals surface area contributed by atoms with E-state index in [1.165, 1.54) is 13.3 Å².